The molecule has 1 fully saturated rings. The van der Waals surface area contributed by atoms with E-state index in [0.717, 1.165) is 5.69 Å². The predicted molar refractivity (Wildman–Crippen MR) is 97.4 cm³/mol. The monoisotopic (exact) mass is 360 g/mol. The Labute approximate surface area is 149 Å². The van der Waals surface area contributed by atoms with Crippen LogP contribution in [0.5, 0.6) is 0 Å². The van der Waals surface area contributed by atoms with Crippen LogP contribution in [0.3, 0.4) is 0 Å². The van der Waals surface area contributed by atoms with Crippen LogP contribution < -0.4 is 10.2 Å². The summed E-state index contributed by atoms with van der Waals surface area (Å²) in [5.74, 6) is 0. The minimum Gasteiger partial charge on any atom is -0.362 e. The molecule has 0 unspecified atom stereocenters. The maximum atomic E-state index is 12.3. The molecule has 0 spiro atoms. The fourth-order valence-corrected chi connectivity index (χ4v) is 2.95. The lowest BCUT2D eigenvalue weighted by atomic mass is 10.2. The molecule has 0 atom stereocenters. The number of halogens is 1. The average molecular weight is 361 g/mol. The van der Waals surface area contributed by atoms with Gasteiger partial charge < -0.3 is 15.1 Å². The number of rotatable bonds is 3. The number of nitrogens with zero attached hydrogens (tertiary/aromatic N) is 3. The van der Waals surface area contributed by atoms with Gasteiger partial charge in [0.2, 0.25) is 0 Å². The number of nitrogens with one attached hydrogen (secondary N) is 1. The molecule has 0 aromatic heterocycles. The molecule has 8 heteroatoms. The van der Waals surface area contributed by atoms with E-state index in [2.05, 4.69) is 5.32 Å². The van der Waals surface area contributed by atoms with Gasteiger partial charge in [-0.25, -0.2) is 4.79 Å². The van der Waals surface area contributed by atoms with Gasteiger partial charge in [-0.3, -0.25) is 10.1 Å². The van der Waals surface area contributed by atoms with E-state index in [4.69, 9.17) is 11.6 Å². The molecule has 130 valence electrons. The van der Waals surface area contributed by atoms with Crippen LogP contribution in [-0.2, 0) is 0 Å². The molecular weight excluding hydrogens is 344 g/mol. The molecule has 0 bridgehead atoms. The lowest BCUT2D eigenvalue weighted by Crippen LogP contribution is -2.50. The molecule has 1 aliphatic heterocycles. The van der Waals surface area contributed by atoms with Gasteiger partial charge in [-0.15, -0.1) is 0 Å². The summed E-state index contributed by atoms with van der Waals surface area (Å²) in [6.07, 6.45) is 0. The average Bonchev–Trinajstić information content (AvgIpc) is 2.62. The molecule has 2 aromatic rings. The second kappa shape index (κ2) is 7.40. The minimum absolute atomic E-state index is 0.0188. The van der Waals surface area contributed by atoms with E-state index < -0.39 is 4.92 Å². The van der Waals surface area contributed by atoms with Crippen molar-refractivity contribution in [2.24, 2.45) is 0 Å². The summed E-state index contributed by atoms with van der Waals surface area (Å²) in [5.41, 5.74) is 1.25. The molecule has 1 heterocycles. The van der Waals surface area contributed by atoms with Crippen LogP contribution in [0.25, 0.3) is 0 Å². The highest BCUT2D eigenvalue weighted by atomic mass is 35.5. The Morgan fingerprint density at radius 3 is 2.40 bits per heavy atom. The first-order chi connectivity index (χ1) is 12.0. The van der Waals surface area contributed by atoms with Crippen molar-refractivity contribution in [2.75, 3.05) is 36.4 Å². The summed E-state index contributed by atoms with van der Waals surface area (Å²) in [5, 5.41) is 14.4. The van der Waals surface area contributed by atoms with E-state index in [1.54, 1.807) is 17.0 Å². The van der Waals surface area contributed by atoms with Gasteiger partial charge in [0, 0.05) is 43.0 Å². The van der Waals surface area contributed by atoms with Gasteiger partial charge in [0.05, 0.1) is 4.92 Å². The molecule has 1 N–H and O–H groups in total. The Hall–Kier alpha value is -2.80. The second-order valence-electron chi connectivity index (χ2n) is 5.66. The van der Waals surface area contributed by atoms with E-state index in [1.165, 1.54) is 6.07 Å². The zero-order valence-electron chi connectivity index (χ0n) is 13.4. The van der Waals surface area contributed by atoms with E-state index in [-0.39, 0.29) is 11.7 Å². The summed E-state index contributed by atoms with van der Waals surface area (Å²) in [7, 11) is 0. The summed E-state index contributed by atoms with van der Waals surface area (Å²) in [6, 6.07) is 13.7. The summed E-state index contributed by atoms with van der Waals surface area (Å²) >= 11 is 5.86. The fraction of sp³-hybridized carbons (Fsp3) is 0.235. The Morgan fingerprint density at radius 1 is 1.08 bits per heavy atom. The summed E-state index contributed by atoms with van der Waals surface area (Å²) < 4.78 is 0. The van der Waals surface area contributed by atoms with Gasteiger partial charge in [-0.05, 0) is 24.3 Å². The summed E-state index contributed by atoms with van der Waals surface area (Å²) in [4.78, 5) is 26.7. The molecule has 7 nitrogen and oxygen atoms in total. The van der Waals surface area contributed by atoms with Crippen LogP contribution in [0, 0.1) is 10.1 Å². The molecule has 1 saturated heterocycles. The zero-order chi connectivity index (χ0) is 17.8. The lowest BCUT2D eigenvalue weighted by Gasteiger charge is -2.35. The fourth-order valence-electron chi connectivity index (χ4n) is 2.78. The number of piperazine rings is 1. The standard InChI is InChI=1S/C17H17ClN4O3/c18-13-6-7-15(16(12-13)22(24)25)20-8-10-21(11-9-20)17(23)19-14-4-2-1-3-5-14/h1-7,12H,8-11H2,(H,19,23). The number of carbonyl (C=O) groups excluding carboxylic acids is 1. The molecule has 0 radical (unpaired) electrons. The third-order valence-electron chi connectivity index (χ3n) is 4.07. The third-order valence-corrected chi connectivity index (χ3v) is 4.30. The van der Waals surface area contributed by atoms with Crippen LogP contribution in [0.4, 0.5) is 21.9 Å². The van der Waals surface area contributed by atoms with Crippen LogP contribution in [0.1, 0.15) is 0 Å². The molecule has 25 heavy (non-hydrogen) atoms. The molecule has 2 amide bonds. The minimum atomic E-state index is -0.435. The Bertz CT molecular complexity index is 777. The number of urea groups is 1. The summed E-state index contributed by atoms with van der Waals surface area (Å²) in [6.45, 7) is 2.01. The first-order valence-electron chi connectivity index (χ1n) is 7.84. The normalized spacial score (nSPS) is 14.3. The largest absolute Gasteiger partial charge is 0.362 e. The van der Waals surface area contributed by atoms with Crippen molar-refractivity contribution < 1.29 is 9.72 Å². The predicted octanol–water partition coefficient (Wildman–Crippen LogP) is 3.60. The first-order valence-corrected chi connectivity index (χ1v) is 8.22. The van der Waals surface area contributed by atoms with E-state index in [1.807, 2.05) is 35.2 Å². The number of hydrogen-bond donors (Lipinski definition) is 1. The number of amides is 2. The zero-order valence-corrected chi connectivity index (χ0v) is 14.1. The highest BCUT2D eigenvalue weighted by molar-refractivity contribution is 6.30. The Morgan fingerprint density at radius 2 is 1.76 bits per heavy atom. The molecule has 1 aliphatic rings. The second-order valence-corrected chi connectivity index (χ2v) is 6.10. The van der Waals surface area contributed by atoms with Gasteiger partial charge >= 0.3 is 6.03 Å². The quantitative estimate of drug-likeness (QED) is 0.670. The number of benzene rings is 2. The van der Waals surface area contributed by atoms with Crippen molar-refractivity contribution in [1.82, 2.24) is 4.90 Å². The van der Waals surface area contributed by atoms with Crippen molar-refractivity contribution in [3.05, 3.63) is 63.7 Å². The maximum absolute atomic E-state index is 12.3. The van der Waals surface area contributed by atoms with Gasteiger partial charge in [0.15, 0.2) is 0 Å². The smallest absolute Gasteiger partial charge is 0.321 e. The Kier molecular flexibility index (Phi) is 5.04. The molecule has 0 saturated carbocycles. The number of anilines is 2. The maximum Gasteiger partial charge on any atom is 0.321 e. The number of para-hydroxylation sites is 1. The molecule has 2 aromatic carbocycles. The van der Waals surface area contributed by atoms with Crippen LogP contribution in [-0.4, -0.2) is 42.0 Å². The molecule has 3 rings (SSSR count). The van der Waals surface area contributed by atoms with E-state index >= 15 is 0 Å². The van der Waals surface area contributed by atoms with Crippen LogP contribution in [0.2, 0.25) is 5.02 Å². The Balaban J connectivity index is 1.64. The topological polar surface area (TPSA) is 78.7 Å². The van der Waals surface area contributed by atoms with Crippen molar-refractivity contribution >= 4 is 34.7 Å². The number of nitro groups is 1. The first kappa shape index (κ1) is 17.0. The third kappa shape index (κ3) is 4.00. The lowest BCUT2D eigenvalue weighted by molar-refractivity contribution is -0.384. The number of carbonyl (C=O) groups is 1. The van der Waals surface area contributed by atoms with Crippen molar-refractivity contribution in [3.63, 3.8) is 0 Å². The van der Waals surface area contributed by atoms with Gasteiger partial charge in [0.25, 0.3) is 5.69 Å². The number of hydrogen-bond acceptors (Lipinski definition) is 4. The van der Waals surface area contributed by atoms with Gasteiger partial charge in [-0.1, -0.05) is 29.8 Å². The highest BCUT2D eigenvalue weighted by Crippen LogP contribution is 2.31. The van der Waals surface area contributed by atoms with Gasteiger partial charge in [-0.2, -0.15) is 0 Å². The molecule has 0 aliphatic carbocycles. The van der Waals surface area contributed by atoms with Crippen LogP contribution in [0.15, 0.2) is 48.5 Å². The number of nitro benzene ring substituents is 1. The van der Waals surface area contributed by atoms with E-state index in [0.29, 0.717) is 36.9 Å². The highest BCUT2D eigenvalue weighted by Gasteiger charge is 2.26. The molecular formula is C17H17ClN4O3. The van der Waals surface area contributed by atoms with Crippen molar-refractivity contribution in [3.8, 4) is 0 Å². The van der Waals surface area contributed by atoms with E-state index in [9.17, 15) is 14.9 Å². The van der Waals surface area contributed by atoms with Crippen LogP contribution >= 0.6 is 11.6 Å². The van der Waals surface area contributed by atoms with Crippen molar-refractivity contribution in [2.45, 2.75) is 0 Å². The SMILES string of the molecule is O=C(Nc1ccccc1)N1CCN(c2ccc(Cl)cc2[N+](=O)[O-])CC1. The van der Waals surface area contributed by atoms with Crippen molar-refractivity contribution in [1.29, 1.82) is 0 Å². The van der Waals surface area contributed by atoms with Gasteiger partial charge in [0.1, 0.15) is 5.69 Å².